The highest BCUT2D eigenvalue weighted by Crippen LogP contribution is 2.27. The van der Waals surface area contributed by atoms with Crippen molar-refractivity contribution in [2.24, 2.45) is 5.92 Å². The monoisotopic (exact) mass is 502 g/mol. The first kappa shape index (κ1) is 35.1. The Balaban J connectivity index is 0. The normalized spacial score (nSPS) is 12.7. The molecular formula is C27H54N2O4S. The Morgan fingerprint density at radius 2 is 1.56 bits per heavy atom. The van der Waals surface area contributed by atoms with Crippen LogP contribution in [-0.4, -0.2) is 67.5 Å². The van der Waals surface area contributed by atoms with Gasteiger partial charge in [-0.3, -0.25) is 14.4 Å². The van der Waals surface area contributed by atoms with Gasteiger partial charge in [0, 0.05) is 24.7 Å². The highest BCUT2D eigenvalue weighted by molar-refractivity contribution is 8.02. The molecule has 0 fully saturated rings. The maximum atomic E-state index is 12.8. The van der Waals surface area contributed by atoms with Gasteiger partial charge >= 0.3 is 5.97 Å². The van der Waals surface area contributed by atoms with E-state index in [0.29, 0.717) is 19.4 Å². The molecule has 0 aromatic rings. The second-order valence-corrected chi connectivity index (χ2v) is 10.3. The molecule has 6 nitrogen and oxygen atoms in total. The summed E-state index contributed by atoms with van der Waals surface area (Å²) in [7, 11) is 4.21. The number of rotatable bonds is 18. The van der Waals surface area contributed by atoms with E-state index in [9.17, 15) is 9.59 Å². The SMILES string of the molecule is C=C(SC)C(CC(C(C)C)N(OCCCCC)C(=O)CCCC)OC(C)=O.CCCCN(C)C. The van der Waals surface area contributed by atoms with E-state index in [0.717, 1.165) is 37.0 Å². The van der Waals surface area contributed by atoms with E-state index in [1.165, 1.54) is 38.1 Å². The van der Waals surface area contributed by atoms with Gasteiger partial charge in [-0.05, 0) is 52.1 Å². The number of hydroxylamine groups is 2. The number of carbonyl (C=O) groups is 2. The molecule has 0 N–H and O–H groups in total. The van der Waals surface area contributed by atoms with Crippen LogP contribution < -0.4 is 0 Å². The minimum Gasteiger partial charge on any atom is -0.457 e. The predicted octanol–water partition coefficient (Wildman–Crippen LogP) is 6.70. The first-order chi connectivity index (χ1) is 16.0. The summed E-state index contributed by atoms with van der Waals surface area (Å²) in [5.41, 5.74) is 0. The van der Waals surface area contributed by atoms with Gasteiger partial charge in [-0.25, -0.2) is 5.06 Å². The van der Waals surface area contributed by atoms with E-state index in [1.54, 1.807) is 5.06 Å². The topological polar surface area (TPSA) is 59.1 Å². The van der Waals surface area contributed by atoms with E-state index >= 15 is 0 Å². The van der Waals surface area contributed by atoms with Crippen LogP contribution in [0.25, 0.3) is 0 Å². The minimum absolute atomic E-state index is 0.00314. The molecule has 0 aromatic carbocycles. The van der Waals surface area contributed by atoms with Crippen molar-refractivity contribution < 1.29 is 19.2 Å². The Labute approximate surface area is 215 Å². The molecule has 0 spiro atoms. The third-order valence-corrected chi connectivity index (χ3v) is 6.17. The fraction of sp³-hybridized carbons (Fsp3) is 0.852. The van der Waals surface area contributed by atoms with E-state index in [1.807, 2.05) is 6.26 Å². The van der Waals surface area contributed by atoms with Gasteiger partial charge in [0.15, 0.2) is 0 Å². The fourth-order valence-corrected chi connectivity index (χ4v) is 3.62. The van der Waals surface area contributed by atoms with Gasteiger partial charge < -0.3 is 9.64 Å². The van der Waals surface area contributed by atoms with Crippen LogP contribution in [0.5, 0.6) is 0 Å². The molecule has 2 unspecified atom stereocenters. The van der Waals surface area contributed by atoms with Crippen molar-refractivity contribution in [1.82, 2.24) is 9.96 Å². The molecule has 2 atom stereocenters. The zero-order valence-corrected chi connectivity index (χ0v) is 24.5. The zero-order valence-electron chi connectivity index (χ0n) is 23.7. The smallest absolute Gasteiger partial charge is 0.303 e. The third-order valence-electron chi connectivity index (χ3n) is 5.38. The highest BCUT2D eigenvalue weighted by atomic mass is 32.2. The van der Waals surface area contributed by atoms with Gasteiger partial charge in [-0.2, -0.15) is 0 Å². The summed E-state index contributed by atoms with van der Waals surface area (Å²) < 4.78 is 5.48. The lowest BCUT2D eigenvalue weighted by Gasteiger charge is -2.35. The Kier molecular flexibility index (Phi) is 23.2. The van der Waals surface area contributed by atoms with Crippen LogP contribution in [0.3, 0.4) is 0 Å². The van der Waals surface area contributed by atoms with Gasteiger partial charge in [-0.1, -0.05) is 66.9 Å². The van der Waals surface area contributed by atoms with Crippen molar-refractivity contribution in [2.75, 3.05) is 33.5 Å². The average Bonchev–Trinajstić information content (AvgIpc) is 2.78. The van der Waals surface area contributed by atoms with Gasteiger partial charge in [-0.15, -0.1) is 11.8 Å². The number of esters is 1. The number of unbranched alkanes of at least 4 members (excludes halogenated alkanes) is 4. The van der Waals surface area contributed by atoms with Crippen LogP contribution in [0.4, 0.5) is 0 Å². The summed E-state index contributed by atoms with van der Waals surface area (Å²) in [6.45, 7) is 17.7. The lowest BCUT2D eigenvalue weighted by atomic mass is 9.96. The highest BCUT2D eigenvalue weighted by Gasteiger charge is 2.32. The molecule has 0 radical (unpaired) electrons. The second kappa shape index (κ2) is 22.4. The molecule has 0 bridgehead atoms. The molecule has 0 aromatic heterocycles. The van der Waals surface area contributed by atoms with Crippen LogP contribution in [-0.2, 0) is 19.2 Å². The number of ether oxygens (including phenoxy) is 1. The zero-order chi connectivity index (χ0) is 26.5. The van der Waals surface area contributed by atoms with Crippen LogP contribution in [0.15, 0.2) is 11.5 Å². The molecule has 0 rings (SSSR count). The fourth-order valence-electron chi connectivity index (χ4n) is 3.22. The molecule has 0 aliphatic carbocycles. The molecule has 0 aliphatic rings. The third kappa shape index (κ3) is 18.3. The maximum absolute atomic E-state index is 12.8. The first-order valence-corrected chi connectivity index (χ1v) is 14.3. The number of thioether (sulfide) groups is 1. The standard InChI is InChI=1S/C21H39NO4S.C6H15N/c1-8-10-12-14-25-22(21(24)13-11-9-2)19(16(3)4)15-20(17(5)27-7)26-18(6)23;1-4-5-6-7(2)3/h16,19-20H,5,8-15H2,1-4,6-7H3;4-6H2,1-3H3. The Hall–Kier alpha value is -1.05. The molecule has 202 valence electrons. The number of nitrogens with zero attached hydrogens (tertiary/aromatic N) is 2. The van der Waals surface area contributed by atoms with E-state index < -0.39 is 6.10 Å². The predicted molar refractivity (Wildman–Crippen MR) is 147 cm³/mol. The summed E-state index contributed by atoms with van der Waals surface area (Å²) in [6, 6.07) is -0.177. The van der Waals surface area contributed by atoms with Crippen molar-refractivity contribution in [3.05, 3.63) is 11.5 Å². The average molecular weight is 503 g/mol. The Bertz CT molecular complexity index is 541. The molecule has 0 saturated carbocycles. The molecule has 0 heterocycles. The van der Waals surface area contributed by atoms with Crippen molar-refractivity contribution in [1.29, 1.82) is 0 Å². The molecule has 0 saturated heterocycles. The van der Waals surface area contributed by atoms with Gasteiger partial charge in [0.1, 0.15) is 6.10 Å². The van der Waals surface area contributed by atoms with Gasteiger partial charge in [0.2, 0.25) is 5.91 Å². The summed E-state index contributed by atoms with van der Waals surface area (Å²) >= 11 is 1.47. The van der Waals surface area contributed by atoms with Gasteiger partial charge in [0.25, 0.3) is 0 Å². The van der Waals surface area contributed by atoms with Crippen LogP contribution in [0.2, 0.25) is 0 Å². The maximum Gasteiger partial charge on any atom is 0.303 e. The van der Waals surface area contributed by atoms with Crippen LogP contribution in [0, 0.1) is 5.92 Å². The molecule has 34 heavy (non-hydrogen) atoms. The number of carbonyl (C=O) groups excluding carboxylic acids is 2. The molecule has 0 aliphatic heterocycles. The largest absolute Gasteiger partial charge is 0.457 e. The van der Waals surface area contributed by atoms with Crippen molar-refractivity contribution >= 4 is 23.6 Å². The summed E-state index contributed by atoms with van der Waals surface area (Å²) in [5, 5.41) is 1.56. The number of hydrogen-bond donors (Lipinski definition) is 0. The van der Waals surface area contributed by atoms with Crippen molar-refractivity contribution in [3.63, 3.8) is 0 Å². The molecule has 7 heteroatoms. The second-order valence-electron chi connectivity index (χ2n) is 9.34. The number of hydrogen-bond acceptors (Lipinski definition) is 6. The van der Waals surface area contributed by atoms with E-state index in [-0.39, 0.29) is 23.8 Å². The molecule has 1 amide bonds. The van der Waals surface area contributed by atoms with Crippen LogP contribution in [0.1, 0.15) is 99.3 Å². The summed E-state index contributed by atoms with van der Waals surface area (Å²) in [4.78, 5) is 33.3. The van der Waals surface area contributed by atoms with E-state index in [2.05, 4.69) is 60.2 Å². The quantitative estimate of drug-likeness (QED) is 0.118. The van der Waals surface area contributed by atoms with Gasteiger partial charge in [0.05, 0.1) is 12.6 Å². The Morgan fingerprint density at radius 1 is 0.971 bits per heavy atom. The van der Waals surface area contributed by atoms with Crippen molar-refractivity contribution in [3.8, 4) is 0 Å². The summed E-state index contributed by atoms with van der Waals surface area (Å²) in [5.74, 6) is -0.178. The lowest BCUT2D eigenvalue weighted by Crippen LogP contribution is -2.45. The minimum atomic E-state index is -0.439. The molecular weight excluding hydrogens is 448 g/mol. The van der Waals surface area contributed by atoms with Crippen LogP contribution >= 0.6 is 11.8 Å². The Morgan fingerprint density at radius 3 is 1.97 bits per heavy atom. The lowest BCUT2D eigenvalue weighted by molar-refractivity contribution is -0.209. The number of amides is 1. The summed E-state index contributed by atoms with van der Waals surface area (Å²) in [6.07, 6.45) is 9.95. The van der Waals surface area contributed by atoms with E-state index in [4.69, 9.17) is 9.57 Å². The van der Waals surface area contributed by atoms with Crippen molar-refractivity contribution in [2.45, 2.75) is 111 Å². The first-order valence-electron chi connectivity index (χ1n) is 13.0.